The van der Waals surface area contributed by atoms with Crippen LogP contribution in [0.5, 0.6) is 0 Å². The number of nitrogens with one attached hydrogen (secondary N) is 2. The molecule has 0 aliphatic carbocycles. The number of nitrogens with zero attached hydrogens (tertiary/aromatic N) is 3. The number of fused-ring (bicyclic) bond motifs is 1. The van der Waals surface area contributed by atoms with E-state index in [9.17, 15) is 4.79 Å². The number of hydrogen-bond acceptors (Lipinski definition) is 5. The second kappa shape index (κ2) is 7.43. The van der Waals surface area contributed by atoms with E-state index in [1.807, 2.05) is 54.6 Å². The zero-order valence-corrected chi connectivity index (χ0v) is 14.6. The van der Waals surface area contributed by atoms with Crippen molar-refractivity contribution in [2.45, 2.75) is 13.0 Å². The summed E-state index contributed by atoms with van der Waals surface area (Å²) in [4.78, 5) is 19.6. The molecule has 0 saturated heterocycles. The highest BCUT2D eigenvalue weighted by Gasteiger charge is 2.11. The summed E-state index contributed by atoms with van der Waals surface area (Å²) in [5.41, 5.74) is 3.16. The smallest absolute Gasteiger partial charge is 0.263 e. The molecule has 4 rings (SSSR count). The van der Waals surface area contributed by atoms with Crippen LogP contribution in [0.1, 0.15) is 11.1 Å². The third-order valence-electron chi connectivity index (χ3n) is 4.35. The molecule has 2 aromatic carbocycles. The van der Waals surface area contributed by atoms with Crippen molar-refractivity contribution in [2.24, 2.45) is 0 Å². The Hall–Kier alpha value is -3.45. The van der Waals surface area contributed by atoms with Gasteiger partial charge in [-0.1, -0.05) is 42.5 Å². The lowest BCUT2D eigenvalue weighted by atomic mass is 10.1. The average molecular weight is 361 g/mol. The Morgan fingerprint density at radius 2 is 1.78 bits per heavy atom. The van der Waals surface area contributed by atoms with E-state index < -0.39 is 0 Å². The molecule has 0 radical (unpaired) electrons. The Kier molecular flexibility index (Phi) is 4.67. The number of rotatable bonds is 6. The van der Waals surface area contributed by atoms with Crippen molar-refractivity contribution in [2.75, 3.05) is 11.9 Å². The fourth-order valence-corrected chi connectivity index (χ4v) is 2.90. The number of anilines is 1. The first-order valence-electron chi connectivity index (χ1n) is 8.70. The molecule has 0 unspecified atom stereocenters. The molecule has 0 fully saturated rings. The molecule has 0 aliphatic rings. The van der Waals surface area contributed by atoms with Crippen LogP contribution in [-0.2, 0) is 13.0 Å². The van der Waals surface area contributed by atoms with Crippen LogP contribution in [-0.4, -0.2) is 31.4 Å². The maximum atomic E-state index is 12.3. The molecule has 3 N–H and O–H groups in total. The lowest BCUT2D eigenvalue weighted by Gasteiger charge is -2.07. The highest BCUT2D eigenvalue weighted by molar-refractivity contribution is 5.76. The number of benzene rings is 2. The van der Waals surface area contributed by atoms with E-state index >= 15 is 0 Å². The summed E-state index contributed by atoms with van der Waals surface area (Å²) >= 11 is 0. The quantitative estimate of drug-likeness (QED) is 0.490. The van der Waals surface area contributed by atoms with Crippen LogP contribution in [0, 0.1) is 0 Å². The SMILES string of the molecule is O=c1[nH]c(NCCc2ccc(CO)cc2)nc2c1cnn2-c1ccccc1. The van der Waals surface area contributed by atoms with Crippen molar-refractivity contribution in [3.8, 4) is 5.69 Å². The van der Waals surface area contributed by atoms with Crippen LogP contribution >= 0.6 is 0 Å². The largest absolute Gasteiger partial charge is 0.392 e. The molecule has 0 bridgehead atoms. The molecule has 4 aromatic rings. The van der Waals surface area contributed by atoms with Gasteiger partial charge < -0.3 is 10.4 Å². The predicted molar refractivity (Wildman–Crippen MR) is 104 cm³/mol. The van der Waals surface area contributed by atoms with Gasteiger partial charge in [0.05, 0.1) is 18.5 Å². The third-order valence-corrected chi connectivity index (χ3v) is 4.35. The van der Waals surface area contributed by atoms with E-state index in [-0.39, 0.29) is 12.2 Å². The van der Waals surface area contributed by atoms with E-state index in [1.54, 1.807) is 4.68 Å². The monoisotopic (exact) mass is 361 g/mol. The number of aromatic amines is 1. The van der Waals surface area contributed by atoms with Crippen molar-refractivity contribution in [3.05, 3.63) is 82.3 Å². The van der Waals surface area contributed by atoms with Gasteiger partial charge in [0.15, 0.2) is 5.65 Å². The molecule has 0 amide bonds. The summed E-state index contributed by atoms with van der Waals surface area (Å²) in [6, 6.07) is 17.4. The van der Waals surface area contributed by atoms with Gasteiger partial charge in [-0.25, -0.2) is 4.68 Å². The second-order valence-corrected chi connectivity index (χ2v) is 6.20. The Bertz CT molecular complexity index is 1100. The number of para-hydroxylation sites is 1. The predicted octanol–water partition coefficient (Wildman–Crippen LogP) is 2.26. The molecule has 7 nitrogen and oxygen atoms in total. The summed E-state index contributed by atoms with van der Waals surface area (Å²) in [6.45, 7) is 0.658. The summed E-state index contributed by atoms with van der Waals surface area (Å²) in [7, 11) is 0. The van der Waals surface area contributed by atoms with Gasteiger partial charge >= 0.3 is 0 Å². The van der Waals surface area contributed by atoms with Gasteiger partial charge in [0.2, 0.25) is 5.95 Å². The standard InChI is InChI=1S/C20H19N5O2/c26-13-15-8-6-14(7-9-15)10-11-21-20-23-18-17(19(27)24-20)12-22-25(18)16-4-2-1-3-5-16/h1-9,12,26H,10-11,13H2,(H2,21,23,24,27). The van der Waals surface area contributed by atoms with E-state index in [1.165, 1.54) is 6.20 Å². The summed E-state index contributed by atoms with van der Waals surface area (Å²) in [6.07, 6.45) is 2.30. The average Bonchev–Trinajstić information content (AvgIpc) is 3.14. The highest BCUT2D eigenvalue weighted by Crippen LogP contribution is 2.14. The third kappa shape index (κ3) is 3.58. The fraction of sp³-hybridized carbons (Fsp3) is 0.150. The van der Waals surface area contributed by atoms with Crippen LogP contribution in [0.15, 0.2) is 65.6 Å². The van der Waals surface area contributed by atoms with Gasteiger partial charge in [0.1, 0.15) is 5.39 Å². The molecule has 27 heavy (non-hydrogen) atoms. The van der Waals surface area contributed by atoms with Crippen LogP contribution in [0.3, 0.4) is 0 Å². The highest BCUT2D eigenvalue weighted by atomic mass is 16.3. The van der Waals surface area contributed by atoms with Crippen molar-refractivity contribution in [1.29, 1.82) is 0 Å². The molecule has 136 valence electrons. The molecule has 0 atom stereocenters. The maximum Gasteiger partial charge on any atom is 0.263 e. The summed E-state index contributed by atoms with van der Waals surface area (Å²) in [5, 5.41) is 17.0. The fourth-order valence-electron chi connectivity index (χ4n) is 2.90. The second-order valence-electron chi connectivity index (χ2n) is 6.20. The molecule has 0 aliphatic heterocycles. The van der Waals surface area contributed by atoms with E-state index in [0.29, 0.717) is 23.5 Å². The van der Waals surface area contributed by atoms with Crippen molar-refractivity contribution in [1.82, 2.24) is 19.7 Å². The number of aliphatic hydroxyl groups excluding tert-OH is 1. The van der Waals surface area contributed by atoms with E-state index in [4.69, 9.17) is 5.11 Å². The van der Waals surface area contributed by atoms with Gasteiger partial charge in [-0.2, -0.15) is 10.1 Å². The molecule has 0 saturated carbocycles. The van der Waals surface area contributed by atoms with Crippen LogP contribution in [0.25, 0.3) is 16.7 Å². The molecular formula is C20H19N5O2. The Labute approximate surface area is 155 Å². The van der Waals surface area contributed by atoms with Crippen LogP contribution in [0.4, 0.5) is 5.95 Å². The first-order valence-corrected chi connectivity index (χ1v) is 8.70. The van der Waals surface area contributed by atoms with Gasteiger partial charge in [0.25, 0.3) is 5.56 Å². The molecule has 7 heteroatoms. The number of aliphatic hydroxyl groups is 1. The molecule has 2 heterocycles. The van der Waals surface area contributed by atoms with Crippen LogP contribution < -0.4 is 10.9 Å². The number of aromatic nitrogens is 4. The van der Waals surface area contributed by atoms with Gasteiger partial charge in [-0.3, -0.25) is 9.78 Å². The topological polar surface area (TPSA) is 95.8 Å². The zero-order chi connectivity index (χ0) is 18.6. The zero-order valence-electron chi connectivity index (χ0n) is 14.6. The Balaban J connectivity index is 1.54. The van der Waals surface area contributed by atoms with Crippen molar-refractivity contribution in [3.63, 3.8) is 0 Å². The van der Waals surface area contributed by atoms with Gasteiger partial charge in [0, 0.05) is 6.54 Å². The number of hydrogen-bond donors (Lipinski definition) is 3. The minimum Gasteiger partial charge on any atom is -0.392 e. The minimum absolute atomic E-state index is 0.0405. The Morgan fingerprint density at radius 1 is 1.04 bits per heavy atom. The first-order chi connectivity index (χ1) is 13.2. The molecule has 0 spiro atoms. The summed E-state index contributed by atoms with van der Waals surface area (Å²) in [5.74, 6) is 0.414. The minimum atomic E-state index is -0.225. The lowest BCUT2D eigenvalue weighted by molar-refractivity contribution is 0.282. The number of H-pyrrole nitrogens is 1. The normalized spacial score (nSPS) is 11.0. The van der Waals surface area contributed by atoms with Crippen molar-refractivity contribution >= 4 is 17.0 Å². The van der Waals surface area contributed by atoms with E-state index in [0.717, 1.165) is 23.2 Å². The van der Waals surface area contributed by atoms with Crippen molar-refractivity contribution < 1.29 is 5.11 Å². The maximum absolute atomic E-state index is 12.3. The van der Waals surface area contributed by atoms with E-state index in [2.05, 4.69) is 20.4 Å². The summed E-state index contributed by atoms with van der Waals surface area (Å²) < 4.78 is 1.66. The van der Waals surface area contributed by atoms with Crippen LogP contribution in [0.2, 0.25) is 0 Å². The van der Waals surface area contributed by atoms with Gasteiger partial charge in [-0.05, 0) is 29.7 Å². The lowest BCUT2D eigenvalue weighted by Crippen LogP contribution is -2.15. The Morgan fingerprint density at radius 3 is 2.52 bits per heavy atom. The molecule has 2 aromatic heterocycles. The molecular weight excluding hydrogens is 342 g/mol. The first kappa shape index (κ1) is 17.0. The van der Waals surface area contributed by atoms with Gasteiger partial charge in [-0.15, -0.1) is 0 Å².